The van der Waals surface area contributed by atoms with Gasteiger partial charge in [0.15, 0.2) is 0 Å². The average molecular weight is 274 g/mol. The molecule has 3 N–H and O–H groups in total. The first-order valence-electron chi connectivity index (χ1n) is 5.21. The van der Waals surface area contributed by atoms with Gasteiger partial charge in [-0.05, 0) is 19.1 Å². The number of aliphatic carboxylic acids is 1. The topological polar surface area (TPSA) is 116 Å². The Balaban J connectivity index is 2.36. The van der Waals surface area contributed by atoms with Crippen LogP contribution in [0.2, 0.25) is 0 Å². The number of hydrogen-bond donors (Lipinski definition) is 2. The zero-order valence-corrected chi connectivity index (χ0v) is 10.6. The van der Waals surface area contributed by atoms with E-state index in [0.717, 1.165) is 0 Å². The van der Waals surface area contributed by atoms with E-state index < -0.39 is 23.5 Å². The van der Waals surface area contributed by atoms with E-state index in [4.69, 9.17) is 15.4 Å². The lowest BCUT2D eigenvalue weighted by atomic mass is 10.2. The standard InChI is InChI=1S/C10H14N2O5S/c1-6-4-8(13)12(17-6)9(14)5-18-3-2-7(11)10(15)16/h4,7H,2-3,5,11H2,1H3,(H,15,16). The summed E-state index contributed by atoms with van der Waals surface area (Å²) in [7, 11) is 0. The Morgan fingerprint density at radius 1 is 1.61 bits per heavy atom. The highest BCUT2D eigenvalue weighted by atomic mass is 32.2. The highest BCUT2D eigenvalue weighted by molar-refractivity contribution is 7.99. The fraction of sp³-hybridized carbons (Fsp3) is 0.500. The van der Waals surface area contributed by atoms with Gasteiger partial charge in [0.2, 0.25) is 0 Å². The van der Waals surface area contributed by atoms with Crippen molar-refractivity contribution >= 4 is 23.6 Å². The number of hydrogen-bond acceptors (Lipinski definition) is 6. The van der Waals surface area contributed by atoms with Crippen LogP contribution in [0, 0.1) is 6.92 Å². The first-order chi connectivity index (χ1) is 8.41. The largest absolute Gasteiger partial charge is 0.480 e. The Bertz CT molecular complexity index is 493. The van der Waals surface area contributed by atoms with Crippen LogP contribution < -0.4 is 11.3 Å². The highest BCUT2D eigenvalue weighted by Crippen LogP contribution is 2.05. The molecule has 0 aliphatic heterocycles. The molecule has 1 aromatic heterocycles. The van der Waals surface area contributed by atoms with E-state index in [1.807, 2.05) is 0 Å². The molecule has 0 aliphatic carbocycles. The Labute approximate surface area is 107 Å². The van der Waals surface area contributed by atoms with E-state index in [1.165, 1.54) is 17.8 Å². The van der Waals surface area contributed by atoms with Crippen molar-refractivity contribution in [1.82, 2.24) is 4.74 Å². The molecular formula is C10H14N2O5S. The van der Waals surface area contributed by atoms with E-state index >= 15 is 0 Å². The summed E-state index contributed by atoms with van der Waals surface area (Å²) in [6.45, 7) is 1.57. The van der Waals surface area contributed by atoms with Crippen molar-refractivity contribution in [1.29, 1.82) is 0 Å². The van der Waals surface area contributed by atoms with E-state index in [9.17, 15) is 14.4 Å². The monoisotopic (exact) mass is 274 g/mol. The third kappa shape index (κ3) is 4.04. The molecule has 100 valence electrons. The summed E-state index contributed by atoms with van der Waals surface area (Å²) in [5, 5.41) is 8.55. The van der Waals surface area contributed by atoms with Crippen molar-refractivity contribution in [2.45, 2.75) is 19.4 Å². The smallest absolute Gasteiger partial charge is 0.320 e. The van der Waals surface area contributed by atoms with Crippen molar-refractivity contribution in [3.63, 3.8) is 0 Å². The van der Waals surface area contributed by atoms with E-state index in [2.05, 4.69) is 0 Å². The summed E-state index contributed by atoms with van der Waals surface area (Å²) < 4.78 is 5.61. The lowest BCUT2D eigenvalue weighted by Crippen LogP contribution is -2.30. The molecule has 18 heavy (non-hydrogen) atoms. The SMILES string of the molecule is Cc1cc(=O)n(C(=O)CSCCC(N)C(=O)O)o1. The predicted molar refractivity (Wildman–Crippen MR) is 65.9 cm³/mol. The molecule has 0 aromatic carbocycles. The van der Waals surface area contributed by atoms with Crippen LogP contribution in [-0.4, -0.2) is 39.3 Å². The number of carbonyl (C=O) groups excluding carboxylic acids is 1. The Morgan fingerprint density at radius 3 is 2.78 bits per heavy atom. The van der Waals surface area contributed by atoms with Crippen LogP contribution >= 0.6 is 11.8 Å². The molecule has 8 heteroatoms. The molecule has 0 aliphatic rings. The number of aromatic nitrogens is 1. The Morgan fingerprint density at radius 2 is 2.28 bits per heavy atom. The van der Waals surface area contributed by atoms with Crippen molar-refractivity contribution in [2.75, 3.05) is 11.5 Å². The van der Waals surface area contributed by atoms with Crippen molar-refractivity contribution in [2.24, 2.45) is 5.73 Å². The predicted octanol–water partition coefficient (Wildman–Crippen LogP) is -0.0749. The molecule has 1 unspecified atom stereocenters. The van der Waals surface area contributed by atoms with Gasteiger partial charge in [0.05, 0.1) is 5.75 Å². The first-order valence-corrected chi connectivity index (χ1v) is 6.36. The third-order valence-corrected chi connectivity index (χ3v) is 3.08. The summed E-state index contributed by atoms with van der Waals surface area (Å²) >= 11 is 1.21. The molecule has 0 spiro atoms. The van der Waals surface area contributed by atoms with Crippen LogP contribution in [0.3, 0.4) is 0 Å². The number of nitrogens with two attached hydrogens (primary N) is 1. The molecule has 0 fully saturated rings. The molecule has 0 radical (unpaired) electrons. The van der Waals surface area contributed by atoms with Gasteiger partial charge in [0, 0.05) is 6.07 Å². The number of carboxylic acids is 1. The van der Waals surface area contributed by atoms with Gasteiger partial charge in [0.1, 0.15) is 11.8 Å². The third-order valence-electron chi connectivity index (χ3n) is 2.10. The van der Waals surface area contributed by atoms with Gasteiger partial charge >= 0.3 is 5.97 Å². The molecule has 0 bridgehead atoms. The second-order valence-electron chi connectivity index (χ2n) is 3.66. The van der Waals surface area contributed by atoms with Gasteiger partial charge in [-0.1, -0.05) is 0 Å². The molecular weight excluding hydrogens is 260 g/mol. The van der Waals surface area contributed by atoms with Crippen LogP contribution in [0.4, 0.5) is 0 Å². The molecule has 1 atom stereocenters. The molecule has 1 aromatic rings. The molecule has 1 heterocycles. The fourth-order valence-corrected chi connectivity index (χ4v) is 2.03. The van der Waals surface area contributed by atoms with Gasteiger partial charge in [-0.2, -0.15) is 11.8 Å². The zero-order chi connectivity index (χ0) is 13.7. The number of thioether (sulfide) groups is 1. The van der Waals surface area contributed by atoms with Gasteiger partial charge in [-0.15, -0.1) is 4.74 Å². The van der Waals surface area contributed by atoms with E-state index in [0.29, 0.717) is 16.3 Å². The maximum Gasteiger partial charge on any atom is 0.320 e. The van der Waals surface area contributed by atoms with Gasteiger partial charge < -0.3 is 15.4 Å². The zero-order valence-electron chi connectivity index (χ0n) is 9.79. The van der Waals surface area contributed by atoms with E-state index in [-0.39, 0.29) is 12.2 Å². The minimum absolute atomic E-state index is 0.0409. The average Bonchev–Trinajstić information content (AvgIpc) is 2.63. The molecule has 0 amide bonds. The summed E-state index contributed by atoms with van der Waals surface area (Å²) in [6, 6.07) is 0.296. The minimum Gasteiger partial charge on any atom is -0.480 e. The Kier molecular flexibility index (Phi) is 5.17. The maximum absolute atomic E-state index is 11.6. The number of aryl methyl sites for hydroxylation is 1. The maximum atomic E-state index is 11.6. The number of rotatable bonds is 6. The second kappa shape index (κ2) is 6.41. The molecule has 0 saturated carbocycles. The van der Waals surface area contributed by atoms with Crippen molar-refractivity contribution in [3.05, 3.63) is 22.2 Å². The van der Waals surface area contributed by atoms with Crippen LogP contribution in [0.1, 0.15) is 17.0 Å². The van der Waals surface area contributed by atoms with Gasteiger partial charge in [-0.25, -0.2) is 0 Å². The Hall–Kier alpha value is -1.54. The van der Waals surface area contributed by atoms with Crippen LogP contribution in [0.25, 0.3) is 0 Å². The highest BCUT2D eigenvalue weighted by Gasteiger charge is 2.14. The normalized spacial score (nSPS) is 12.3. The molecule has 7 nitrogen and oxygen atoms in total. The number of carbonyl (C=O) groups is 2. The van der Waals surface area contributed by atoms with Crippen LogP contribution in [0.15, 0.2) is 15.4 Å². The summed E-state index contributed by atoms with van der Waals surface area (Å²) in [5.74, 6) is -0.708. The lowest BCUT2D eigenvalue weighted by molar-refractivity contribution is -0.138. The molecule has 0 saturated heterocycles. The number of nitrogens with zero attached hydrogens (tertiary/aromatic N) is 1. The van der Waals surface area contributed by atoms with Crippen molar-refractivity contribution in [3.8, 4) is 0 Å². The second-order valence-corrected chi connectivity index (χ2v) is 4.76. The minimum atomic E-state index is -1.07. The van der Waals surface area contributed by atoms with Crippen molar-refractivity contribution < 1.29 is 19.2 Å². The van der Waals surface area contributed by atoms with Gasteiger partial charge in [0.25, 0.3) is 11.5 Å². The fourth-order valence-electron chi connectivity index (χ4n) is 1.17. The summed E-state index contributed by atoms with van der Waals surface area (Å²) in [4.78, 5) is 33.2. The molecule has 1 rings (SSSR count). The van der Waals surface area contributed by atoms with Crippen LogP contribution in [-0.2, 0) is 4.79 Å². The number of carboxylic acid groups (broad SMARTS) is 1. The van der Waals surface area contributed by atoms with E-state index in [1.54, 1.807) is 6.92 Å². The quantitative estimate of drug-likeness (QED) is 0.697. The summed E-state index contributed by atoms with van der Waals surface area (Å²) in [5.41, 5.74) is 4.80. The first kappa shape index (κ1) is 14.5. The van der Waals surface area contributed by atoms with Gasteiger partial charge in [-0.3, -0.25) is 14.4 Å². The summed E-state index contributed by atoms with van der Waals surface area (Å²) in [6.07, 6.45) is 0.263. The lowest BCUT2D eigenvalue weighted by Gasteiger charge is -2.05. The van der Waals surface area contributed by atoms with Crippen LogP contribution in [0.5, 0.6) is 0 Å².